The molecule has 0 fully saturated rings. The lowest BCUT2D eigenvalue weighted by atomic mass is 10.3. The fourth-order valence-corrected chi connectivity index (χ4v) is 0.590. The van der Waals surface area contributed by atoms with Crippen LogP contribution in [0.1, 0.15) is 20.3 Å². The number of primary amides is 1. The Bertz CT molecular complexity index is 148. The van der Waals surface area contributed by atoms with Crippen LogP contribution in [0.3, 0.4) is 0 Å². The number of hydrogen-bond donors (Lipinski definition) is 2. The Hall–Kier alpha value is -0.830. The highest BCUT2D eigenvalue weighted by Gasteiger charge is 1.90. The molecular weight excluding hydrogens is 140 g/mol. The zero-order chi connectivity index (χ0) is 8.69. The highest BCUT2D eigenvalue weighted by molar-refractivity contribution is 5.73. The Balaban J connectivity index is 3.15. The molecule has 0 unspecified atom stereocenters. The number of nitrogens with two attached hydrogens (primary N) is 1. The van der Waals surface area contributed by atoms with Crippen LogP contribution in [0.15, 0.2) is 11.6 Å². The van der Waals surface area contributed by atoms with Crippen LogP contribution in [0.25, 0.3) is 0 Å². The fraction of sp³-hybridized carbons (Fsp3) is 0.625. The Morgan fingerprint density at radius 2 is 2.18 bits per heavy atom. The summed E-state index contributed by atoms with van der Waals surface area (Å²) in [5.41, 5.74) is 6.21. The molecule has 3 heteroatoms. The third-order valence-electron chi connectivity index (χ3n) is 1.20. The van der Waals surface area contributed by atoms with E-state index in [1.54, 1.807) is 0 Å². The summed E-state index contributed by atoms with van der Waals surface area (Å²) >= 11 is 0. The maximum Gasteiger partial charge on any atom is 0.218 e. The van der Waals surface area contributed by atoms with Gasteiger partial charge in [-0.05, 0) is 13.8 Å². The van der Waals surface area contributed by atoms with E-state index in [-0.39, 0.29) is 5.91 Å². The molecule has 1 amide bonds. The lowest BCUT2D eigenvalue weighted by Crippen LogP contribution is -2.21. The van der Waals surface area contributed by atoms with Gasteiger partial charge in [0.15, 0.2) is 0 Å². The van der Waals surface area contributed by atoms with Gasteiger partial charge in [-0.15, -0.1) is 0 Å². The van der Waals surface area contributed by atoms with Gasteiger partial charge in [-0.3, -0.25) is 4.79 Å². The zero-order valence-electron chi connectivity index (χ0n) is 7.18. The molecule has 0 heterocycles. The van der Waals surface area contributed by atoms with Gasteiger partial charge in [0.05, 0.1) is 0 Å². The molecular formula is C8H16N2O. The van der Waals surface area contributed by atoms with Crippen LogP contribution in [0, 0.1) is 0 Å². The second-order valence-corrected chi connectivity index (χ2v) is 2.70. The van der Waals surface area contributed by atoms with Gasteiger partial charge >= 0.3 is 0 Å². The molecule has 0 aliphatic heterocycles. The molecule has 64 valence electrons. The first-order valence-electron chi connectivity index (χ1n) is 3.75. The Morgan fingerprint density at radius 3 is 2.64 bits per heavy atom. The predicted molar refractivity (Wildman–Crippen MR) is 46.1 cm³/mol. The van der Waals surface area contributed by atoms with Crippen LogP contribution >= 0.6 is 0 Å². The first kappa shape index (κ1) is 10.2. The van der Waals surface area contributed by atoms with Crippen LogP contribution in [0.5, 0.6) is 0 Å². The number of carbonyl (C=O) groups is 1. The maximum atomic E-state index is 10.3. The van der Waals surface area contributed by atoms with E-state index in [9.17, 15) is 4.79 Å². The normalized spacial score (nSPS) is 9.27. The molecule has 0 aromatic carbocycles. The molecule has 0 aliphatic rings. The van der Waals surface area contributed by atoms with Crippen molar-refractivity contribution in [3.05, 3.63) is 11.6 Å². The molecule has 0 aromatic heterocycles. The smallest absolute Gasteiger partial charge is 0.218 e. The monoisotopic (exact) mass is 156 g/mol. The second-order valence-electron chi connectivity index (χ2n) is 2.70. The molecule has 0 radical (unpaired) electrons. The minimum absolute atomic E-state index is 0.255. The number of nitrogens with one attached hydrogen (secondary N) is 1. The van der Waals surface area contributed by atoms with Crippen molar-refractivity contribution in [3.8, 4) is 0 Å². The largest absolute Gasteiger partial charge is 0.370 e. The van der Waals surface area contributed by atoms with Crippen LogP contribution < -0.4 is 11.1 Å². The molecule has 0 aliphatic carbocycles. The van der Waals surface area contributed by atoms with Gasteiger partial charge in [0.2, 0.25) is 5.91 Å². The minimum Gasteiger partial charge on any atom is -0.370 e. The molecule has 11 heavy (non-hydrogen) atoms. The number of amides is 1. The topological polar surface area (TPSA) is 55.1 Å². The van der Waals surface area contributed by atoms with Crippen LogP contribution in [-0.4, -0.2) is 19.0 Å². The first-order valence-corrected chi connectivity index (χ1v) is 3.75. The van der Waals surface area contributed by atoms with Gasteiger partial charge in [0, 0.05) is 19.5 Å². The van der Waals surface area contributed by atoms with E-state index in [0.29, 0.717) is 13.0 Å². The molecule has 0 saturated heterocycles. The summed E-state index contributed by atoms with van der Waals surface area (Å²) in [4.78, 5) is 10.3. The number of allylic oxidation sites excluding steroid dienone is 1. The summed E-state index contributed by atoms with van der Waals surface area (Å²) in [5, 5.41) is 3.07. The molecule has 0 rings (SSSR count). The molecule has 0 spiro atoms. The van der Waals surface area contributed by atoms with Crippen molar-refractivity contribution in [1.29, 1.82) is 0 Å². The van der Waals surface area contributed by atoms with Crippen molar-refractivity contribution in [2.24, 2.45) is 5.73 Å². The van der Waals surface area contributed by atoms with E-state index in [2.05, 4.69) is 11.4 Å². The van der Waals surface area contributed by atoms with E-state index >= 15 is 0 Å². The third-order valence-corrected chi connectivity index (χ3v) is 1.20. The SMILES string of the molecule is CC(C)=CCNCCC(N)=O. The molecule has 3 nitrogen and oxygen atoms in total. The highest BCUT2D eigenvalue weighted by atomic mass is 16.1. The summed E-state index contributed by atoms with van der Waals surface area (Å²) in [6.45, 7) is 5.56. The van der Waals surface area contributed by atoms with Crippen molar-refractivity contribution in [3.63, 3.8) is 0 Å². The van der Waals surface area contributed by atoms with Crippen LogP contribution in [0.2, 0.25) is 0 Å². The fourth-order valence-electron chi connectivity index (χ4n) is 0.590. The standard InChI is InChI=1S/C8H16N2O/c1-7(2)3-5-10-6-4-8(9)11/h3,10H,4-6H2,1-2H3,(H2,9,11). The summed E-state index contributed by atoms with van der Waals surface area (Å²) in [6, 6.07) is 0. The van der Waals surface area contributed by atoms with Gasteiger partial charge in [-0.2, -0.15) is 0 Å². The predicted octanol–water partition coefficient (Wildman–Crippen LogP) is 0.418. The van der Waals surface area contributed by atoms with E-state index in [0.717, 1.165) is 6.54 Å². The average Bonchev–Trinajstić information content (AvgIpc) is 1.85. The van der Waals surface area contributed by atoms with Crippen molar-refractivity contribution in [2.75, 3.05) is 13.1 Å². The molecule has 0 bridgehead atoms. The highest BCUT2D eigenvalue weighted by Crippen LogP contribution is 1.85. The quantitative estimate of drug-likeness (QED) is 0.447. The van der Waals surface area contributed by atoms with E-state index < -0.39 is 0 Å². The van der Waals surface area contributed by atoms with Gasteiger partial charge in [0.25, 0.3) is 0 Å². The Morgan fingerprint density at radius 1 is 1.55 bits per heavy atom. The average molecular weight is 156 g/mol. The summed E-state index contributed by atoms with van der Waals surface area (Å²) < 4.78 is 0. The Labute approximate surface area is 67.7 Å². The lowest BCUT2D eigenvalue weighted by Gasteiger charge is -1.98. The minimum atomic E-state index is -0.255. The molecule has 0 saturated carbocycles. The number of rotatable bonds is 5. The van der Waals surface area contributed by atoms with E-state index in [1.165, 1.54) is 5.57 Å². The third kappa shape index (κ3) is 9.17. The molecule has 0 atom stereocenters. The lowest BCUT2D eigenvalue weighted by molar-refractivity contribution is -0.117. The number of carbonyl (C=O) groups excluding carboxylic acids is 1. The van der Waals surface area contributed by atoms with E-state index in [4.69, 9.17) is 5.73 Å². The summed E-state index contributed by atoms with van der Waals surface area (Å²) in [5.74, 6) is -0.255. The second kappa shape index (κ2) is 5.92. The van der Waals surface area contributed by atoms with Gasteiger partial charge < -0.3 is 11.1 Å². The van der Waals surface area contributed by atoms with Gasteiger partial charge in [-0.1, -0.05) is 11.6 Å². The van der Waals surface area contributed by atoms with Crippen molar-refractivity contribution >= 4 is 5.91 Å². The van der Waals surface area contributed by atoms with Crippen LogP contribution in [-0.2, 0) is 4.79 Å². The number of hydrogen-bond acceptors (Lipinski definition) is 2. The maximum absolute atomic E-state index is 10.3. The summed E-state index contributed by atoms with van der Waals surface area (Å²) in [6.07, 6.45) is 2.48. The first-order chi connectivity index (χ1) is 5.13. The zero-order valence-corrected chi connectivity index (χ0v) is 7.18. The van der Waals surface area contributed by atoms with Gasteiger partial charge in [0.1, 0.15) is 0 Å². The summed E-state index contributed by atoms with van der Waals surface area (Å²) in [7, 11) is 0. The Kier molecular flexibility index (Phi) is 5.47. The van der Waals surface area contributed by atoms with Crippen molar-refractivity contribution < 1.29 is 4.79 Å². The van der Waals surface area contributed by atoms with Gasteiger partial charge in [-0.25, -0.2) is 0 Å². The van der Waals surface area contributed by atoms with Crippen molar-refractivity contribution in [2.45, 2.75) is 20.3 Å². The molecule has 0 aromatic rings. The van der Waals surface area contributed by atoms with E-state index in [1.807, 2.05) is 13.8 Å². The van der Waals surface area contributed by atoms with Crippen molar-refractivity contribution in [1.82, 2.24) is 5.32 Å². The van der Waals surface area contributed by atoms with Crippen LogP contribution in [0.4, 0.5) is 0 Å². The molecule has 3 N–H and O–H groups in total.